The minimum absolute atomic E-state index is 0.0548. The van der Waals surface area contributed by atoms with Gasteiger partial charge in [0.1, 0.15) is 5.82 Å². The molecule has 1 aromatic rings. The first kappa shape index (κ1) is 12.6. The van der Waals surface area contributed by atoms with E-state index in [4.69, 9.17) is 5.73 Å². The molecule has 0 atom stereocenters. The van der Waals surface area contributed by atoms with Crippen molar-refractivity contribution >= 4 is 11.6 Å². The van der Waals surface area contributed by atoms with Crippen LogP contribution in [0.1, 0.15) is 43.2 Å². The number of nitrogens with zero attached hydrogens (tertiary/aromatic N) is 1. The molecule has 0 saturated heterocycles. The molecule has 1 amide bonds. The second kappa shape index (κ2) is 4.30. The van der Waals surface area contributed by atoms with Crippen LogP contribution in [0, 0.1) is 5.82 Å². The lowest BCUT2D eigenvalue weighted by Gasteiger charge is -2.34. The Morgan fingerprint density at radius 3 is 2.63 bits per heavy atom. The minimum atomic E-state index is -0.418. The van der Waals surface area contributed by atoms with Gasteiger partial charge < -0.3 is 10.6 Å². The Bertz CT molecular complexity index is 535. The van der Waals surface area contributed by atoms with Crippen LogP contribution in [-0.4, -0.2) is 13.0 Å². The highest BCUT2D eigenvalue weighted by Crippen LogP contribution is 2.39. The molecule has 3 rings (SSSR count). The van der Waals surface area contributed by atoms with Crippen molar-refractivity contribution in [2.24, 2.45) is 5.73 Å². The molecule has 0 aromatic heterocycles. The third-order valence-corrected chi connectivity index (χ3v) is 4.51. The van der Waals surface area contributed by atoms with E-state index in [0.29, 0.717) is 5.69 Å². The molecule has 0 spiro atoms. The van der Waals surface area contributed by atoms with E-state index in [-0.39, 0.29) is 18.1 Å². The Labute approximate surface area is 112 Å². The van der Waals surface area contributed by atoms with Gasteiger partial charge in [-0.2, -0.15) is 0 Å². The normalized spacial score (nSPS) is 21.6. The van der Waals surface area contributed by atoms with Crippen molar-refractivity contribution in [3.8, 4) is 0 Å². The van der Waals surface area contributed by atoms with Gasteiger partial charge in [-0.25, -0.2) is 4.39 Å². The molecular formula is C15H19FN2O. The first-order chi connectivity index (χ1) is 9.01. The minimum Gasteiger partial charge on any atom is -0.321 e. The van der Waals surface area contributed by atoms with Crippen LogP contribution in [0.4, 0.5) is 10.1 Å². The van der Waals surface area contributed by atoms with Crippen molar-refractivity contribution in [3.63, 3.8) is 0 Å². The number of likely N-dealkylation sites (N-methyl/N-ethyl adjacent to an activating group) is 1. The van der Waals surface area contributed by atoms with E-state index in [9.17, 15) is 9.18 Å². The summed E-state index contributed by atoms with van der Waals surface area (Å²) in [4.78, 5) is 13.1. The Morgan fingerprint density at radius 2 is 1.95 bits per heavy atom. The zero-order valence-electron chi connectivity index (χ0n) is 11.2. The standard InChI is InChI=1S/C15H19FN2O/c1-18-13(19)8-10-7-11(9-12(16)14(10)18)15(17)5-3-2-4-6-15/h7,9H,2-6,8,17H2,1H3. The lowest BCUT2D eigenvalue weighted by Crippen LogP contribution is -2.38. The lowest BCUT2D eigenvalue weighted by atomic mass is 9.77. The topological polar surface area (TPSA) is 46.3 Å². The number of amides is 1. The largest absolute Gasteiger partial charge is 0.321 e. The number of benzene rings is 1. The van der Waals surface area contributed by atoms with E-state index in [1.165, 1.54) is 17.4 Å². The van der Waals surface area contributed by atoms with Gasteiger partial charge in [-0.15, -0.1) is 0 Å². The lowest BCUT2D eigenvalue weighted by molar-refractivity contribution is -0.117. The maximum Gasteiger partial charge on any atom is 0.231 e. The Balaban J connectivity index is 2.04. The van der Waals surface area contributed by atoms with E-state index in [2.05, 4.69) is 0 Å². The summed E-state index contributed by atoms with van der Waals surface area (Å²) < 4.78 is 14.3. The molecule has 1 aliphatic carbocycles. The summed E-state index contributed by atoms with van der Waals surface area (Å²) in [5.41, 5.74) is 8.08. The number of carbonyl (C=O) groups excluding carboxylic acids is 1. The highest BCUT2D eigenvalue weighted by molar-refractivity contribution is 6.01. The molecule has 0 unspecified atom stereocenters. The molecule has 1 aliphatic heterocycles. The summed E-state index contributed by atoms with van der Waals surface area (Å²) in [6.45, 7) is 0. The van der Waals surface area contributed by atoms with Crippen LogP contribution in [0.3, 0.4) is 0 Å². The molecule has 1 fully saturated rings. The summed E-state index contributed by atoms with van der Waals surface area (Å²) in [6.07, 6.45) is 5.46. The molecular weight excluding hydrogens is 243 g/mol. The van der Waals surface area contributed by atoms with Crippen molar-refractivity contribution in [1.82, 2.24) is 0 Å². The molecule has 3 nitrogen and oxygen atoms in total. The predicted molar refractivity (Wildman–Crippen MR) is 72.5 cm³/mol. The second-order valence-electron chi connectivity index (χ2n) is 5.81. The fourth-order valence-electron chi connectivity index (χ4n) is 3.33. The number of carbonyl (C=O) groups is 1. The Kier molecular flexibility index (Phi) is 2.86. The molecule has 102 valence electrons. The first-order valence-corrected chi connectivity index (χ1v) is 6.90. The van der Waals surface area contributed by atoms with Gasteiger partial charge in [0.15, 0.2) is 0 Å². The molecule has 2 N–H and O–H groups in total. The highest BCUT2D eigenvalue weighted by Gasteiger charge is 2.34. The van der Waals surface area contributed by atoms with Crippen molar-refractivity contribution in [2.45, 2.75) is 44.1 Å². The van der Waals surface area contributed by atoms with Crippen molar-refractivity contribution in [3.05, 3.63) is 29.1 Å². The molecule has 0 radical (unpaired) electrons. The van der Waals surface area contributed by atoms with Crippen LogP contribution in [0.5, 0.6) is 0 Å². The van der Waals surface area contributed by atoms with E-state index >= 15 is 0 Å². The zero-order chi connectivity index (χ0) is 13.6. The fourth-order valence-corrected chi connectivity index (χ4v) is 3.33. The van der Waals surface area contributed by atoms with E-state index in [1.54, 1.807) is 7.05 Å². The predicted octanol–water partition coefficient (Wildman–Crippen LogP) is 2.46. The fraction of sp³-hybridized carbons (Fsp3) is 0.533. The summed E-state index contributed by atoms with van der Waals surface area (Å²) in [7, 11) is 1.62. The third-order valence-electron chi connectivity index (χ3n) is 4.51. The van der Waals surface area contributed by atoms with Gasteiger partial charge in [0.25, 0.3) is 0 Å². The summed E-state index contributed by atoms with van der Waals surface area (Å²) in [6, 6.07) is 3.46. The van der Waals surface area contributed by atoms with E-state index < -0.39 is 5.54 Å². The summed E-state index contributed by atoms with van der Waals surface area (Å²) >= 11 is 0. The van der Waals surface area contributed by atoms with Crippen LogP contribution < -0.4 is 10.6 Å². The summed E-state index contributed by atoms with van der Waals surface area (Å²) in [5.74, 6) is -0.378. The monoisotopic (exact) mass is 262 g/mol. The molecule has 1 saturated carbocycles. The van der Waals surface area contributed by atoms with Gasteiger partial charge in [0, 0.05) is 12.6 Å². The molecule has 1 aromatic carbocycles. The van der Waals surface area contributed by atoms with Crippen molar-refractivity contribution in [1.29, 1.82) is 0 Å². The third kappa shape index (κ3) is 1.94. The smallest absolute Gasteiger partial charge is 0.231 e. The van der Waals surface area contributed by atoms with Gasteiger partial charge in [-0.3, -0.25) is 4.79 Å². The van der Waals surface area contributed by atoms with Gasteiger partial charge in [0.05, 0.1) is 12.1 Å². The maximum absolute atomic E-state index is 14.3. The van der Waals surface area contributed by atoms with Crippen LogP contribution >= 0.6 is 0 Å². The quantitative estimate of drug-likeness (QED) is 0.845. The molecule has 0 bridgehead atoms. The Hall–Kier alpha value is -1.42. The molecule has 4 heteroatoms. The van der Waals surface area contributed by atoms with Gasteiger partial charge in [-0.05, 0) is 30.0 Å². The highest BCUT2D eigenvalue weighted by atomic mass is 19.1. The number of fused-ring (bicyclic) bond motifs is 1. The van der Waals surface area contributed by atoms with E-state index in [1.807, 2.05) is 6.07 Å². The number of anilines is 1. The number of nitrogens with two attached hydrogens (primary N) is 1. The first-order valence-electron chi connectivity index (χ1n) is 6.90. The van der Waals surface area contributed by atoms with Crippen molar-refractivity contribution in [2.75, 3.05) is 11.9 Å². The zero-order valence-corrected chi connectivity index (χ0v) is 11.2. The molecule has 19 heavy (non-hydrogen) atoms. The summed E-state index contributed by atoms with van der Waals surface area (Å²) in [5, 5.41) is 0. The van der Waals surface area contributed by atoms with Gasteiger partial charge >= 0.3 is 0 Å². The number of hydrogen-bond donors (Lipinski definition) is 1. The van der Waals surface area contributed by atoms with Crippen LogP contribution in [0.25, 0.3) is 0 Å². The molecule has 2 aliphatic rings. The average Bonchev–Trinajstić information content (AvgIpc) is 2.66. The van der Waals surface area contributed by atoms with Crippen LogP contribution in [0.2, 0.25) is 0 Å². The van der Waals surface area contributed by atoms with Crippen LogP contribution in [-0.2, 0) is 16.8 Å². The number of hydrogen-bond acceptors (Lipinski definition) is 2. The average molecular weight is 262 g/mol. The van der Waals surface area contributed by atoms with E-state index in [0.717, 1.165) is 36.8 Å². The molecule has 1 heterocycles. The number of rotatable bonds is 1. The van der Waals surface area contributed by atoms with Gasteiger partial charge in [0.2, 0.25) is 5.91 Å². The number of halogens is 1. The Morgan fingerprint density at radius 1 is 1.26 bits per heavy atom. The van der Waals surface area contributed by atoms with Gasteiger partial charge in [-0.1, -0.05) is 25.3 Å². The maximum atomic E-state index is 14.3. The SMILES string of the molecule is CN1C(=O)Cc2cc(C3(N)CCCCC3)cc(F)c21. The van der Waals surface area contributed by atoms with Crippen molar-refractivity contribution < 1.29 is 9.18 Å². The second-order valence-corrected chi connectivity index (χ2v) is 5.81. The van der Waals surface area contributed by atoms with Crippen LogP contribution in [0.15, 0.2) is 12.1 Å².